The quantitative estimate of drug-likeness (QED) is 0.858. The Morgan fingerprint density at radius 1 is 1.25 bits per heavy atom. The van der Waals surface area contributed by atoms with Gasteiger partial charge in [-0.3, -0.25) is 0 Å². The molecule has 0 fully saturated rings. The second-order valence-corrected chi connectivity index (χ2v) is 3.93. The molecule has 1 unspecified atom stereocenters. The molecule has 0 amide bonds. The van der Waals surface area contributed by atoms with E-state index in [1.807, 2.05) is 32.0 Å². The first-order valence-corrected chi connectivity index (χ1v) is 5.55. The summed E-state index contributed by atoms with van der Waals surface area (Å²) in [6.45, 7) is 6.86. The van der Waals surface area contributed by atoms with Crippen LogP contribution in [0.25, 0.3) is 0 Å². The molecule has 86 valence electrons. The molecule has 2 aromatic heterocycles. The first-order valence-electron chi connectivity index (χ1n) is 5.55. The van der Waals surface area contributed by atoms with Crippen molar-refractivity contribution in [2.75, 3.05) is 6.54 Å². The number of nitrogens with one attached hydrogen (secondary N) is 1. The van der Waals surface area contributed by atoms with Crippen LogP contribution in [0.15, 0.2) is 33.3 Å². The lowest BCUT2D eigenvalue weighted by Gasteiger charge is -2.13. The predicted octanol–water partition coefficient (Wildman–Crippen LogP) is 3.19. The third-order valence-electron chi connectivity index (χ3n) is 2.54. The van der Waals surface area contributed by atoms with Crippen molar-refractivity contribution in [2.45, 2.75) is 26.8 Å². The summed E-state index contributed by atoms with van der Waals surface area (Å²) < 4.78 is 11.0. The molecule has 3 heteroatoms. The Morgan fingerprint density at radius 2 is 2.06 bits per heavy atom. The van der Waals surface area contributed by atoms with Gasteiger partial charge in [0.1, 0.15) is 17.3 Å². The molecule has 0 radical (unpaired) electrons. The zero-order valence-electron chi connectivity index (χ0n) is 9.91. The van der Waals surface area contributed by atoms with Gasteiger partial charge in [-0.25, -0.2) is 0 Å². The monoisotopic (exact) mass is 219 g/mol. The van der Waals surface area contributed by atoms with E-state index in [2.05, 4.69) is 12.2 Å². The van der Waals surface area contributed by atoms with Crippen LogP contribution < -0.4 is 5.32 Å². The van der Waals surface area contributed by atoms with Gasteiger partial charge in [0.15, 0.2) is 0 Å². The second-order valence-electron chi connectivity index (χ2n) is 3.93. The zero-order valence-corrected chi connectivity index (χ0v) is 9.91. The summed E-state index contributed by atoms with van der Waals surface area (Å²) in [5, 5.41) is 3.39. The normalized spacial score (nSPS) is 12.9. The largest absolute Gasteiger partial charge is 0.469 e. The molecule has 0 bridgehead atoms. The molecule has 16 heavy (non-hydrogen) atoms. The molecule has 0 saturated carbocycles. The van der Waals surface area contributed by atoms with Gasteiger partial charge in [0.25, 0.3) is 0 Å². The van der Waals surface area contributed by atoms with Crippen molar-refractivity contribution in [3.8, 4) is 0 Å². The molecule has 1 N–H and O–H groups in total. The van der Waals surface area contributed by atoms with Crippen molar-refractivity contribution in [3.63, 3.8) is 0 Å². The summed E-state index contributed by atoms with van der Waals surface area (Å²) in [7, 11) is 0. The van der Waals surface area contributed by atoms with E-state index in [1.165, 1.54) is 0 Å². The Balaban J connectivity index is 2.30. The molecule has 0 saturated heterocycles. The number of furan rings is 2. The van der Waals surface area contributed by atoms with Crippen LogP contribution in [0.2, 0.25) is 0 Å². The van der Waals surface area contributed by atoms with Crippen molar-refractivity contribution in [2.24, 2.45) is 0 Å². The van der Waals surface area contributed by atoms with Gasteiger partial charge in [-0.2, -0.15) is 0 Å². The Hall–Kier alpha value is -1.48. The van der Waals surface area contributed by atoms with Crippen molar-refractivity contribution >= 4 is 0 Å². The molecule has 0 spiro atoms. The van der Waals surface area contributed by atoms with Gasteiger partial charge in [0.05, 0.1) is 12.3 Å². The summed E-state index contributed by atoms with van der Waals surface area (Å²) >= 11 is 0. The van der Waals surface area contributed by atoms with Crippen LogP contribution in [0.5, 0.6) is 0 Å². The van der Waals surface area contributed by atoms with E-state index in [9.17, 15) is 0 Å². The van der Waals surface area contributed by atoms with E-state index >= 15 is 0 Å². The van der Waals surface area contributed by atoms with Gasteiger partial charge in [-0.05, 0) is 38.6 Å². The highest BCUT2D eigenvalue weighted by atomic mass is 16.3. The summed E-state index contributed by atoms with van der Waals surface area (Å²) in [5.74, 6) is 2.78. The van der Waals surface area contributed by atoms with Crippen molar-refractivity contribution < 1.29 is 8.83 Å². The summed E-state index contributed by atoms with van der Waals surface area (Å²) in [4.78, 5) is 0. The third-order valence-corrected chi connectivity index (χ3v) is 2.54. The van der Waals surface area contributed by atoms with Crippen LogP contribution in [-0.2, 0) is 0 Å². The maximum absolute atomic E-state index is 5.66. The minimum absolute atomic E-state index is 0.0798. The fourth-order valence-corrected chi connectivity index (χ4v) is 1.81. The van der Waals surface area contributed by atoms with E-state index in [0.717, 1.165) is 29.4 Å². The topological polar surface area (TPSA) is 38.3 Å². The maximum Gasteiger partial charge on any atom is 0.125 e. The molecule has 0 aliphatic heterocycles. The average molecular weight is 219 g/mol. The lowest BCUT2D eigenvalue weighted by atomic mass is 10.1. The van der Waals surface area contributed by atoms with Crippen LogP contribution in [0.4, 0.5) is 0 Å². The lowest BCUT2D eigenvalue weighted by molar-refractivity contribution is 0.432. The van der Waals surface area contributed by atoms with Crippen LogP contribution >= 0.6 is 0 Å². The summed E-state index contributed by atoms with van der Waals surface area (Å²) in [6, 6.07) is 6.10. The fraction of sp³-hybridized carbons (Fsp3) is 0.385. The summed E-state index contributed by atoms with van der Waals surface area (Å²) in [5.41, 5.74) is 1.11. The Bertz CT molecular complexity index is 416. The Morgan fingerprint density at radius 3 is 2.56 bits per heavy atom. The molecule has 0 aliphatic rings. The minimum Gasteiger partial charge on any atom is -0.469 e. The van der Waals surface area contributed by atoms with Gasteiger partial charge in [0, 0.05) is 5.56 Å². The first kappa shape index (κ1) is 11.0. The van der Waals surface area contributed by atoms with E-state index in [0.29, 0.717) is 0 Å². The van der Waals surface area contributed by atoms with E-state index < -0.39 is 0 Å². The smallest absolute Gasteiger partial charge is 0.125 e. The van der Waals surface area contributed by atoms with Crippen molar-refractivity contribution in [1.29, 1.82) is 0 Å². The highest BCUT2D eigenvalue weighted by Crippen LogP contribution is 2.25. The van der Waals surface area contributed by atoms with Crippen LogP contribution in [-0.4, -0.2) is 6.54 Å². The second kappa shape index (κ2) is 4.58. The van der Waals surface area contributed by atoms with Gasteiger partial charge in [0.2, 0.25) is 0 Å². The van der Waals surface area contributed by atoms with Gasteiger partial charge in [-0.15, -0.1) is 0 Å². The third kappa shape index (κ3) is 2.19. The predicted molar refractivity (Wildman–Crippen MR) is 62.4 cm³/mol. The van der Waals surface area contributed by atoms with Crippen molar-refractivity contribution in [3.05, 3.63) is 47.3 Å². The highest BCUT2D eigenvalue weighted by molar-refractivity contribution is 5.25. The van der Waals surface area contributed by atoms with Crippen molar-refractivity contribution in [1.82, 2.24) is 5.32 Å². The highest BCUT2D eigenvalue weighted by Gasteiger charge is 2.18. The molecule has 0 aliphatic carbocycles. The molecule has 3 nitrogen and oxygen atoms in total. The fourth-order valence-electron chi connectivity index (χ4n) is 1.81. The molecule has 1 atom stereocenters. The Kier molecular flexibility index (Phi) is 3.15. The van der Waals surface area contributed by atoms with Crippen LogP contribution in [0.3, 0.4) is 0 Å². The van der Waals surface area contributed by atoms with E-state index in [-0.39, 0.29) is 6.04 Å². The average Bonchev–Trinajstić information content (AvgIpc) is 2.84. The number of hydrogen-bond acceptors (Lipinski definition) is 3. The number of rotatable bonds is 4. The lowest BCUT2D eigenvalue weighted by Crippen LogP contribution is -2.20. The molecular weight excluding hydrogens is 202 g/mol. The maximum atomic E-state index is 5.66. The van der Waals surface area contributed by atoms with Gasteiger partial charge >= 0.3 is 0 Å². The molecular formula is C13H17NO2. The van der Waals surface area contributed by atoms with Crippen LogP contribution in [0, 0.1) is 13.8 Å². The first-order chi connectivity index (χ1) is 7.70. The number of hydrogen-bond donors (Lipinski definition) is 1. The Labute approximate surface area is 95.5 Å². The minimum atomic E-state index is 0.0798. The molecule has 2 aromatic rings. The zero-order chi connectivity index (χ0) is 11.5. The van der Waals surface area contributed by atoms with Crippen LogP contribution in [0.1, 0.15) is 35.8 Å². The SMILES string of the molecule is CCNC(c1coc(C)c1)c1ccc(C)o1. The summed E-state index contributed by atoms with van der Waals surface area (Å²) in [6.07, 6.45) is 1.78. The van der Waals surface area contributed by atoms with E-state index in [1.54, 1.807) is 6.26 Å². The van der Waals surface area contributed by atoms with Gasteiger partial charge < -0.3 is 14.2 Å². The molecule has 0 aromatic carbocycles. The standard InChI is InChI=1S/C13H17NO2/c1-4-14-13(11-7-10(3)15-8-11)12-6-5-9(2)16-12/h5-8,13-14H,4H2,1-3H3. The molecule has 2 heterocycles. The van der Waals surface area contributed by atoms with Gasteiger partial charge in [-0.1, -0.05) is 6.92 Å². The van der Waals surface area contributed by atoms with E-state index in [4.69, 9.17) is 8.83 Å². The number of aryl methyl sites for hydroxylation is 2. The molecule has 2 rings (SSSR count).